The highest BCUT2D eigenvalue weighted by Gasteiger charge is 2.34. The number of anilines is 1. The predicted molar refractivity (Wildman–Crippen MR) is 151 cm³/mol. The summed E-state index contributed by atoms with van der Waals surface area (Å²) in [6.45, 7) is 2.24. The molecule has 7 N–H and O–H groups in total. The van der Waals surface area contributed by atoms with Crippen LogP contribution in [0.25, 0.3) is 5.69 Å². The van der Waals surface area contributed by atoms with Crippen molar-refractivity contribution in [2.75, 3.05) is 38.1 Å². The molecule has 5 rings (SSSR count). The number of fused-ring (bicyclic) bond motifs is 1. The fraction of sp³-hybridized carbons (Fsp3) is 0.571. The molecule has 4 atom stereocenters. The van der Waals surface area contributed by atoms with Crippen LogP contribution >= 0.6 is 0 Å². The molecule has 3 aliphatic rings. The van der Waals surface area contributed by atoms with Gasteiger partial charge in [-0.15, -0.1) is 0 Å². The Morgan fingerprint density at radius 3 is 2.50 bits per heavy atom. The molecule has 2 aliphatic carbocycles. The summed E-state index contributed by atoms with van der Waals surface area (Å²) in [7, 11) is 0. The normalized spacial score (nSPS) is 24.4. The molecule has 2 heterocycles. The lowest BCUT2D eigenvalue weighted by Crippen LogP contribution is -2.60. The Kier molecular flexibility index (Phi) is 8.22. The van der Waals surface area contributed by atoms with Gasteiger partial charge < -0.3 is 31.7 Å². The van der Waals surface area contributed by atoms with E-state index < -0.39 is 23.9 Å². The second kappa shape index (κ2) is 11.7. The predicted octanol–water partition coefficient (Wildman–Crippen LogP) is -0.0550. The molecule has 12 nitrogen and oxygen atoms in total. The molecule has 1 aliphatic heterocycles. The highest BCUT2D eigenvalue weighted by atomic mass is 16.3. The zero-order valence-corrected chi connectivity index (χ0v) is 23.0. The number of aliphatic hydroxyl groups is 1. The van der Waals surface area contributed by atoms with Gasteiger partial charge in [0.2, 0.25) is 5.91 Å². The number of nitrogens with one attached hydrogen (secondary N) is 2. The summed E-state index contributed by atoms with van der Waals surface area (Å²) in [4.78, 5) is 45.2. The van der Waals surface area contributed by atoms with E-state index in [9.17, 15) is 19.5 Å². The third-order valence-corrected chi connectivity index (χ3v) is 8.35. The van der Waals surface area contributed by atoms with Gasteiger partial charge in [0.05, 0.1) is 12.3 Å². The maximum atomic E-state index is 12.9. The van der Waals surface area contributed by atoms with E-state index in [4.69, 9.17) is 11.5 Å². The summed E-state index contributed by atoms with van der Waals surface area (Å²) >= 11 is 0. The van der Waals surface area contributed by atoms with Gasteiger partial charge in [-0.2, -0.15) is 4.98 Å². The lowest BCUT2D eigenvalue weighted by molar-refractivity contribution is -0.139. The number of benzene rings is 1. The summed E-state index contributed by atoms with van der Waals surface area (Å²) in [6.07, 6.45) is 7.87. The van der Waals surface area contributed by atoms with Crippen molar-refractivity contribution in [3.63, 3.8) is 0 Å². The molecule has 1 saturated heterocycles. The molecule has 1 aromatic carbocycles. The summed E-state index contributed by atoms with van der Waals surface area (Å²) in [5.41, 5.74) is 13.4. The molecular formula is C28H40N8O4. The second-order valence-electron chi connectivity index (χ2n) is 11.6. The fourth-order valence-corrected chi connectivity index (χ4v) is 5.93. The molecular weight excluding hydrogens is 512 g/mol. The minimum atomic E-state index is -1.35. The highest BCUT2D eigenvalue weighted by molar-refractivity contribution is 5.89. The van der Waals surface area contributed by atoms with E-state index >= 15 is 0 Å². The molecule has 1 aromatic heterocycles. The van der Waals surface area contributed by atoms with Crippen LogP contribution in [0.4, 0.5) is 10.6 Å². The number of hydrogen-bond donors (Lipinski definition) is 5. The smallest absolute Gasteiger partial charge is 0.354 e. The van der Waals surface area contributed by atoms with Crippen LogP contribution in [0.15, 0.2) is 35.3 Å². The Morgan fingerprint density at radius 1 is 1.07 bits per heavy atom. The molecule has 1 saturated carbocycles. The van der Waals surface area contributed by atoms with Crippen molar-refractivity contribution < 1.29 is 14.7 Å². The fourth-order valence-electron chi connectivity index (χ4n) is 5.93. The van der Waals surface area contributed by atoms with Crippen molar-refractivity contribution in [3.8, 4) is 5.69 Å². The van der Waals surface area contributed by atoms with E-state index in [0.717, 1.165) is 44.2 Å². The number of carbonyl (C=O) groups is 2. The zero-order chi connectivity index (χ0) is 28.4. The summed E-state index contributed by atoms with van der Waals surface area (Å²) < 4.78 is 1.48. The number of amides is 3. The molecule has 0 bridgehead atoms. The molecule has 2 fully saturated rings. The number of urea groups is 1. The average molecular weight is 553 g/mol. The molecule has 216 valence electrons. The van der Waals surface area contributed by atoms with E-state index in [1.807, 2.05) is 6.07 Å². The highest BCUT2D eigenvalue weighted by Crippen LogP contribution is 2.26. The first-order valence-corrected chi connectivity index (χ1v) is 14.1. The minimum Gasteiger partial charge on any atom is -0.394 e. The Morgan fingerprint density at radius 2 is 1.82 bits per heavy atom. The van der Waals surface area contributed by atoms with Crippen molar-refractivity contribution in [2.24, 2.45) is 11.5 Å². The standard InChI is InChI=1S/C28H40N8O4/c1-28(30,17-37)25(38)34-10-12-35(13-11-34)26(39)32-24-8-9-36(27(40)33-24)23-7-3-18-14-21(5-2-19(18)15-23)31-22-6-4-20(29)16-22/h3,7-9,15,20-22,31,37H,2,4-6,10-14,16-17,29-30H2,1H3,(H,32,33,39,40)/t20-,21?,22-,28-/m0/s1. The maximum absolute atomic E-state index is 12.9. The van der Waals surface area contributed by atoms with E-state index in [1.165, 1.54) is 22.6 Å². The van der Waals surface area contributed by atoms with Crippen molar-refractivity contribution in [1.82, 2.24) is 24.7 Å². The van der Waals surface area contributed by atoms with Gasteiger partial charge >= 0.3 is 11.7 Å². The number of nitrogens with zero attached hydrogens (tertiary/aromatic N) is 4. The SMILES string of the molecule is C[C@](N)(CO)C(=O)N1CCN(C(=O)Nc2ccn(-c3ccc4c(c3)CCC(N[C@H]3CC[C@H](N)C3)C4)c(=O)n2)CC1. The van der Waals surface area contributed by atoms with Crippen LogP contribution in [-0.4, -0.2) is 92.8 Å². The van der Waals surface area contributed by atoms with Gasteiger partial charge in [-0.05, 0) is 74.8 Å². The van der Waals surface area contributed by atoms with Crippen LogP contribution in [0.5, 0.6) is 0 Å². The van der Waals surface area contributed by atoms with Crippen molar-refractivity contribution in [2.45, 2.75) is 69.1 Å². The number of hydrogen-bond acceptors (Lipinski definition) is 8. The van der Waals surface area contributed by atoms with Crippen LogP contribution in [0, 0.1) is 0 Å². The van der Waals surface area contributed by atoms with Crippen molar-refractivity contribution in [3.05, 3.63) is 52.1 Å². The molecule has 0 radical (unpaired) electrons. The molecule has 1 unspecified atom stereocenters. The Hall–Kier alpha value is -3.32. The van der Waals surface area contributed by atoms with Crippen LogP contribution in [0.1, 0.15) is 43.7 Å². The number of nitrogens with two attached hydrogens (primary N) is 2. The van der Waals surface area contributed by atoms with Crippen LogP contribution in [-0.2, 0) is 17.6 Å². The Balaban J connectivity index is 1.17. The topological polar surface area (TPSA) is 172 Å². The monoisotopic (exact) mass is 552 g/mol. The maximum Gasteiger partial charge on any atom is 0.354 e. The number of carbonyl (C=O) groups excluding carboxylic acids is 2. The van der Waals surface area contributed by atoms with E-state index in [0.29, 0.717) is 44.3 Å². The van der Waals surface area contributed by atoms with Gasteiger partial charge in [-0.25, -0.2) is 9.59 Å². The van der Waals surface area contributed by atoms with E-state index in [2.05, 4.69) is 27.8 Å². The largest absolute Gasteiger partial charge is 0.394 e. The minimum absolute atomic E-state index is 0.165. The van der Waals surface area contributed by atoms with Crippen molar-refractivity contribution >= 4 is 17.8 Å². The van der Waals surface area contributed by atoms with Crippen molar-refractivity contribution in [1.29, 1.82) is 0 Å². The quantitative estimate of drug-likeness (QED) is 0.332. The first-order chi connectivity index (χ1) is 19.1. The Bertz CT molecular complexity index is 1300. The molecule has 2 aromatic rings. The van der Waals surface area contributed by atoms with Crippen LogP contribution in [0.3, 0.4) is 0 Å². The van der Waals surface area contributed by atoms with E-state index in [-0.39, 0.29) is 11.7 Å². The van der Waals surface area contributed by atoms with Gasteiger partial charge in [0, 0.05) is 50.5 Å². The van der Waals surface area contributed by atoms with Gasteiger partial charge in [0.25, 0.3) is 0 Å². The van der Waals surface area contributed by atoms with Crippen LogP contribution < -0.4 is 27.8 Å². The number of aliphatic hydroxyl groups excluding tert-OH is 1. The molecule has 40 heavy (non-hydrogen) atoms. The zero-order valence-electron chi connectivity index (χ0n) is 23.0. The van der Waals surface area contributed by atoms with Gasteiger partial charge in [-0.1, -0.05) is 6.07 Å². The molecule has 0 spiro atoms. The number of aromatic nitrogens is 2. The number of rotatable bonds is 6. The summed E-state index contributed by atoms with van der Waals surface area (Å²) in [5, 5.41) is 15.8. The Labute approximate surface area is 233 Å². The third kappa shape index (κ3) is 6.20. The average Bonchev–Trinajstić information content (AvgIpc) is 3.36. The van der Waals surface area contributed by atoms with Gasteiger partial charge in [0.1, 0.15) is 11.4 Å². The van der Waals surface area contributed by atoms with Gasteiger partial charge in [-0.3, -0.25) is 14.7 Å². The lowest BCUT2D eigenvalue weighted by atomic mass is 9.87. The molecule has 3 amide bonds. The lowest BCUT2D eigenvalue weighted by Gasteiger charge is -2.37. The van der Waals surface area contributed by atoms with Gasteiger partial charge in [0.15, 0.2) is 0 Å². The first kappa shape index (κ1) is 28.2. The molecule has 12 heteroatoms. The van der Waals surface area contributed by atoms with E-state index in [1.54, 1.807) is 22.1 Å². The van der Waals surface area contributed by atoms with Crippen LogP contribution in [0.2, 0.25) is 0 Å². The summed E-state index contributed by atoms with van der Waals surface area (Å²) in [6, 6.07) is 8.58. The second-order valence-corrected chi connectivity index (χ2v) is 11.6. The summed E-state index contributed by atoms with van der Waals surface area (Å²) in [5.74, 6) is -0.189. The number of piperazine rings is 1. The first-order valence-electron chi connectivity index (χ1n) is 14.1. The third-order valence-electron chi connectivity index (χ3n) is 8.35. The number of aryl methyl sites for hydroxylation is 1.